The van der Waals surface area contributed by atoms with Gasteiger partial charge in [-0.15, -0.1) is 0 Å². The maximum atomic E-state index is 10.6. The van der Waals surface area contributed by atoms with Crippen LogP contribution in [0.4, 0.5) is 0 Å². The highest BCUT2D eigenvalue weighted by Crippen LogP contribution is 1.88. The predicted molar refractivity (Wildman–Crippen MR) is 47.7 cm³/mol. The van der Waals surface area contributed by atoms with Crippen molar-refractivity contribution in [3.63, 3.8) is 0 Å². The highest BCUT2D eigenvalue weighted by Gasteiger charge is 1.91. The molecule has 0 aliphatic carbocycles. The van der Waals surface area contributed by atoms with E-state index in [9.17, 15) is 4.79 Å². The minimum atomic E-state index is -0.384. The molecule has 0 bridgehead atoms. The van der Waals surface area contributed by atoms with Gasteiger partial charge in [0.25, 0.3) is 0 Å². The summed E-state index contributed by atoms with van der Waals surface area (Å²) in [5.41, 5.74) is 0.923. The van der Waals surface area contributed by atoms with Gasteiger partial charge in [-0.1, -0.05) is 0 Å². The van der Waals surface area contributed by atoms with Crippen LogP contribution in [0.1, 0.15) is 13.8 Å². The van der Waals surface area contributed by atoms with Crippen LogP contribution in [-0.2, 0) is 9.53 Å². The van der Waals surface area contributed by atoms with Crippen molar-refractivity contribution in [2.75, 3.05) is 14.2 Å². The summed E-state index contributed by atoms with van der Waals surface area (Å²) in [7, 11) is 3.08. The van der Waals surface area contributed by atoms with Gasteiger partial charge in [0.05, 0.1) is 7.11 Å². The SMILES string of the molecule is COC(=O)C=CN(C)N=C(C)C. The van der Waals surface area contributed by atoms with E-state index in [1.54, 1.807) is 18.3 Å². The van der Waals surface area contributed by atoms with Crippen LogP contribution in [0.25, 0.3) is 0 Å². The highest BCUT2D eigenvalue weighted by atomic mass is 16.5. The van der Waals surface area contributed by atoms with Crippen molar-refractivity contribution in [2.24, 2.45) is 5.10 Å². The number of rotatable bonds is 3. The highest BCUT2D eigenvalue weighted by molar-refractivity contribution is 5.81. The quantitative estimate of drug-likeness (QED) is 0.274. The second-order valence-corrected chi connectivity index (χ2v) is 2.46. The molecule has 4 heteroatoms. The molecule has 0 unspecified atom stereocenters. The van der Waals surface area contributed by atoms with Gasteiger partial charge in [-0.2, -0.15) is 5.10 Å². The molecule has 68 valence electrons. The number of ether oxygens (including phenoxy) is 1. The number of esters is 1. The third-order valence-corrected chi connectivity index (χ3v) is 0.985. The van der Waals surface area contributed by atoms with Crippen LogP contribution in [0.15, 0.2) is 17.4 Å². The summed E-state index contributed by atoms with van der Waals surface area (Å²) >= 11 is 0. The standard InChI is InChI=1S/C8H14N2O2/c1-7(2)9-10(3)6-5-8(11)12-4/h5-6H,1-4H3. The van der Waals surface area contributed by atoms with Crippen molar-refractivity contribution < 1.29 is 9.53 Å². The molecule has 0 heterocycles. The zero-order valence-electron chi connectivity index (χ0n) is 7.87. The second kappa shape index (κ2) is 5.35. The summed E-state index contributed by atoms with van der Waals surface area (Å²) in [6.07, 6.45) is 2.85. The number of carbonyl (C=O) groups excluding carboxylic acids is 1. The molecular formula is C8H14N2O2. The Morgan fingerprint density at radius 2 is 2.08 bits per heavy atom. The molecule has 0 aliphatic rings. The molecule has 0 saturated carbocycles. The molecule has 12 heavy (non-hydrogen) atoms. The number of hydrazone groups is 1. The van der Waals surface area contributed by atoms with Crippen molar-refractivity contribution >= 4 is 11.7 Å². The van der Waals surface area contributed by atoms with Crippen molar-refractivity contribution in [3.05, 3.63) is 12.3 Å². The predicted octanol–water partition coefficient (Wildman–Crippen LogP) is 1.00. The Labute approximate surface area is 72.5 Å². The van der Waals surface area contributed by atoms with Crippen LogP contribution in [0.5, 0.6) is 0 Å². The van der Waals surface area contributed by atoms with Gasteiger partial charge in [0, 0.05) is 25.0 Å². The Morgan fingerprint density at radius 1 is 1.50 bits per heavy atom. The first-order chi connectivity index (χ1) is 5.56. The lowest BCUT2D eigenvalue weighted by Crippen LogP contribution is -2.05. The minimum Gasteiger partial charge on any atom is -0.466 e. The summed E-state index contributed by atoms with van der Waals surface area (Å²) in [5.74, 6) is -0.384. The Bertz CT molecular complexity index is 205. The fourth-order valence-electron chi connectivity index (χ4n) is 0.586. The average Bonchev–Trinajstić information content (AvgIpc) is 1.99. The normalized spacial score (nSPS) is 9.67. The van der Waals surface area contributed by atoms with Crippen LogP contribution in [0.3, 0.4) is 0 Å². The van der Waals surface area contributed by atoms with Crippen molar-refractivity contribution in [1.29, 1.82) is 0 Å². The molecule has 0 radical (unpaired) electrons. The van der Waals surface area contributed by atoms with E-state index in [-0.39, 0.29) is 5.97 Å². The molecule has 0 spiro atoms. The van der Waals surface area contributed by atoms with E-state index in [2.05, 4.69) is 9.84 Å². The van der Waals surface area contributed by atoms with Gasteiger partial charge in [-0.05, 0) is 13.8 Å². The first kappa shape index (κ1) is 10.7. The smallest absolute Gasteiger partial charge is 0.332 e. The van der Waals surface area contributed by atoms with Crippen molar-refractivity contribution in [1.82, 2.24) is 5.01 Å². The summed E-state index contributed by atoms with van der Waals surface area (Å²) in [4.78, 5) is 10.6. The monoisotopic (exact) mass is 170 g/mol. The molecule has 0 saturated heterocycles. The zero-order chi connectivity index (χ0) is 9.56. The van der Waals surface area contributed by atoms with Gasteiger partial charge in [-0.25, -0.2) is 4.79 Å². The van der Waals surface area contributed by atoms with E-state index in [0.29, 0.717) is 0 Å². The first-order valence-electron chi connectivity index (χ1n) is 3.57. The number of hydrogen-bond donors (Lipinski definition) is 0. The van der Waals surface area contributed by atoms with Crippen LogP contribution in [0, 0.1) is 0 Å². The van der Waals surface area contributed by atoms with Gasteiger partial charge in [0.2, 0.25) is 0 Å². The number of methoxy groups -OCH3 is 1. The zero-order valence-corrected chi connectivity index (χ0v) is 7.87. The summed E-state index contributed by atoms with van der Waals surface area (Å²) in [6, 6.07) is 0. The first-order valence-corrected chi connectivity index (χ1v) is 3.57. The lowest BCUT2D eigenvalue weighted by molar-refractivity contribution is -0.134. The Kier molecular flexibility index (Phi) is 4.76. The maximum Gasteiger partial charge on any atom is 0.332 e. The topological polar surface area (TPSA) is 41.9 Å². The molecule has 0 atom stereocenters. The van der Waals surface area contributed by atoms with Gasteiger partial charge < -0.3 is 4.74 Å². The summed E-state index contributed by atoms with van der Waals surface area (Å²) in [5, 5.41) is 5.59. The molecular weight excluding hydrogens is 156 g/mol. The number of carbonyl (C=O) groups is 1. The van der Waals surface area contributed by atoms with Crippen LogP contribution in [-0.4, -0.2) is 30.8 Å². The molecule has 0 rings (SSSR count). The molecule has 0 N–H and O–H groups in total. The maximum absolute atomic E-state index is 10.6. The lowest BCUT2D eigenvalue weighted by Gasteiger charge is -2.05. The Balaban J connectivity index is 4.00. The summed E-state index contributed by atoms with van der Waals surface area (Å²) < 4.78 is 4.40. The third-order valence-electron chi connectivity index (χ3n) is 0.985. The van der Waals surface area contributed by atoms with Gasteiger partial charge in [0.15, 0.2) is 0 Å². The minimum absolute atomic E-state index is 0.384. The average molecular weight is 170 g/mol. The van der Waals surface area contributed by atoms with Crippen molar-refractivity contribution in [2.45, 2.75) is 13.8 Å². The van der Waals surface area contributed by atoms with Crippen LogP contribution >= 0.6 is 0 Å². The molecule has 0 aromatic heterocycles. The third kappa shape index (κ3) is 5.46. The molecule has 0 amide bonds. The van der Waals surface area contributed by atoms with Crippen LogP contribution in [0.2, 0.25) is 0 Å². The Hall–Kier alpha value is -1.32. The largest absolute Gasteiger partial charge is 0.466 e. The molecule has 4 nitrogen and oxygen atoms in total. The van der Waals surface area contributed by atoms with E-state index in [1.165, 1.54) is 13.2 Å². The van der Waals surface area contributed by atoms with Crippen molar-refractivity contribution in [3.8, 4) is 0 Å². The van der Waals surface area contributed by atoms with Crippen LogP contribution < -0.4 is 0 Å². The molecule has 0 fully saturated rings. The van der Waals surface area contributed by atoms with E-state index in [1.807, 2.05) is 13.8 Å². The number of nitrogens with zero attached hydrogens (tertiary/aromatic N) is 2. The Morgan fingerprint density at radius 3 is 2.50 bits per heavy atom. The van der Waals surface area contributed by atoms with E-state index >= 15 is 0 Å². The lowest BCUT2D eigenvalue weighted by atomic mass is 10.5. The summed E-state index contributed by atoms with van der Waals surface area (Å²) in [6.45, 7) is 3.75. The van der Waals surface area contributed by atoms with Gasteiger partial charge in [-0.3, -0.25) is 5.01 Å². The van der Waals surface area contributed by atoms with E-state index in [0.717, 1.165) is 5.71 Å². The molecule has 0 aliphatic heterocycles. The van der Waals surface area contributed by atoms with E-state index in [4.69, 9.17) is 0 Å². The molecule has 0 aromatic carbocycles. The molecule has 0 aromatic rings. The van der Waals surface area contributed by atoms with E-state index < -0.39 is 0 Å². The fourth-order valence-corrected chi connectivity index (χ4v) is 0.586. The fraction of sp³-hybridized carbons (Fsp3) is 0.500. The van der Waals surface area contributed by atoms with Gasteiger partial charge >= 0.3 is 5.97 Å². The second-order valence-electron chi connectivity index (χ2n) is 2.46. The van der Waals surface area contributed by atoms with Gasteiger partial charge in [0.1, 0.15) is 0 Å². The number of hydrogen-bond acceptors (Lipinski definition) is 4.